The van der Waals surface area contributed by atoms with Crippen LogP contribution in [0.1, 0.15) is 85.5 Å². The molecule has 2 unspecified atom stereocenters. The molecule has 0 fully saturated rings. The maximum absolute atomic E-state index is 8.85. The van der Waals surface area contributed by atoms with Gasteiger partial charge < -0.3 is 10.2 Å². The number of rotatable bonds is 10. The molecule has 112 valence electrons. The Morgan fingerprint density at radius 3 is 1.72 bits per heavy atom. The molecular formula is C16H36O2. The fraction of sp³-hybridized carbons (Fsp3) is 1.00. The highest BCUT2D eigenvalue weighted by molar-refractivity contribution is 4.49. The Labute approximate surface area is 115 Å². The fourth-order valence-electron chi connectivity index (χ4n) is 1.70. The van der Waals surface area contributed by atoms with E-state index in [9.17, 15) is 0 Å². The molecule has 2 N–H and O–H groups in total. The van der Waals surface area contributed by atoms with Crippen molar-refractivity contribution in [2.45, 2.75) is 91.6 Å². The zero-order valence-electron chi connectivity index (χ0n) is 13.1. The predicted molar refractivity (Wildman–Crippen MR) is 80.8 cm³/mol. The number of hydrogen-bond donors (Lipinski definition) is 2. The van der Waals surface area contributed by atoms with Gasteiger partial charge in [0.2, 0.25) is 0 Å². The van der Waals surface area contributed by atoms with Crippen LogP contribution in [0.15, 0.2) is 0 Å². The lowest BCUT2D eigenvalue weighted by atomic mass is 10.0. The van der Waals surface area contributed by atoms with Crippen LogP contribution >= 0.6 is 0 Å². The van der Waals surface area contributed by atoms with Gasteiger partial charge in [-0.1, -0.05) is 65.7 Å². The van der Waals surface area contributed by atoms with Gasteiger partial charge in [0.1, 0.15) is 0 Å². The molecule has 0 saturated heterocycles. The summed E-state index contributed by atoms with van der Waals surface area (Å²) in [5, 5.41) is 17.5. The molecule has 0 aliphatic heterocycles. The van der Waals surface area contributed by atoms with Gasteiger partial charge in [-0.25, -0.2) is 0 Å². The van der Waals surface area contributed by atoms with Gasteiger partial charge in [0.05, 0.1) is 6.10 Å². The summed E-state index contributed by atoms with van der Waals surface area (Å²) in [6.45, 7) is 8.69. The third-order valence-electron chi connectivity index (χ3n) is 3.09. The van der Waals surface area contributed by atoms with Crippen molar-refractivity contribution in [1.82, 2.24) is 0 Å². The average molecular weight is 260 g/mol. The van der Waals surface area contributed by atoms with Crippen molar-refractivity contribution < 1.29 is 10.2 Å². The van der Waals surface area contributed by atoms with Gasteiger partial charge in [-0.15, -0.1) is 0 Å². The lowest BCUT2D eigenvalue weighted by Gasteiger charge is -2.04. The van der Waals surface area contributed by atoms with Gasteiger partial charge in [-0.2, -0.15) is 0 Å². The lowest BCUT2D eigenvalue weighted by Crippen LogP contribution is -1.99. The molecule has 18 heavy (non-hydrogen) atoms. The van der Waals surface area contributed by atoms with Gasteiger partial charge in [0.25, 0.3) is 0 Å². The molecule has 0 heterocycles. The zero-order valence-corrected chi connectivity index (χ0v) is 13.1. The van der Waals surface area contributed by atoms with Gasteiger partial charge in [0, 0.05) is 6.61 Å². The third kappa shape index (κ3) is 21.2. The maximum atomic E-state index is 8.85. The van der Waals surface area contributed by atoms with Crippen LogP contribution in [0.3, 0.4) is 0 Å². The molecule has 0 bridgehead atoms. The average Bonchev–Trinajstić information content (AvgIpc) is 2.35. The molecule has 0 radical (unpaired) electrons. The Morgan fingerprint density at radius 1 is 0.778 bits per heavy atom. The van der Waals surface area contributed by atoms with Gasteiger partial charge >= 0.3 is 0 Å². The first-order valence-corrected chi connectivity index (χ1v) is 7.87. The minimum Gasteiger partial charge on any atom is -0.396 e. The van der Waals surface area contributed by atoms with Crippen molar-refractivity contribution >= 4 is 0 Å². The van der Waals surface area contributed by atoms with E-state index in [2.05, 4.69) is 20.8 Å². The molecule has 0 aromatic rings. The summed E-state index contributed by atoms with van der Waals surface area (Å²) in [6, 6.07) is 0. The van der Waals surface area contributed by atoms with Crippen LogP contribution in [-0.4, -0.2) is 22.9 Å². The van der Waals surface area contributed by atoms with Crippen molar-refractivity contribution in [1.29, 1.82) is 0 Å². The van der Waals surface area contributed by atoms with E-state index in [0.717, 1.165) is 6.42 Å². The Kier molecular flexibility index (Phi) is 19.0. The number of aliphatic hydroxyl groups is 2. The van der Waals surface area contributed by atoms with Crippen LogP contribution in [0.5, 0.6) is 0 Å². The highest BCUT2D eigenvalue weighted by Crippen LogP contribution is 2.07. The van der Waals surface area contributed by atoms with Crippen molar-refractivity contribution in [3.63, 3.8) is 0 Å². The minimum atomic E-state index is -0.0955. The molecular weight excluding hydrogens is 224 g/mol. The molecule has 0 amide bonds. The van der Waals surface area contributed by atoms with E-state index in [1.165, 1.54) is 51.4 Å². The number of hydrogen-bond acceptors (Lipinski definition) is 2. The van der Waals surface area contributed by atoms with Crippen LogP contribution in [0.2, 0.25) is 0 Å². The van der Waals surface area contributed by atoms with E-state index in [4.69, 9.17) is 10.2 Å². The summed E-state index contributed by atoms with van der Waals surface area (Å²) in [4.78, 5) is 0. The zero-order chi connectivity index (χ0) is 14.2. The SMILES string of the molecule is CCCCCC(C)CO.CCCCCCC(C)O. The van der Waals surface area contributed by atoms with Crippen molar-refractivity contribution in [3.8, 4) is 0 Å². The van der Waals surface area contributed by atoms with Crippen LogP contribution in [0, 0.1) is 5.92 Å². The third-order valence-corrected chi connectivity index (χ3v) is 3.09. The molecule has 0 spiro atoms. The molecule has 0 aromatic carbocycles. The standard InChI is InChI=1S/2C8H18O/c1-3-4-5-6-8(2)7-9;1-3-4-5-6-7-8(2)9/h2*8-9H,3-7H2,1-2H3. The first-order chi connectivity index (χ1) is 8.58. The Morgan fingerprint density at radius 2 is 1.28 bits per heavy atom. The van der Waals surface area contributed by atoms with Crippen molar-refractivity contribution in [2.24, 2.45) is 5.92 Å². The van der Waals surface area contributed by atoms with E-state index in [-0.39, 0.29) is 6.10 Å². The monoisotopic (exact) mass is 260 g/mol. The molecule has 0 saturated carbocycles. The van der Waals surface area contributed by atoms with E-state index < -0.39 is 0 Å². The quantitative estimate of drug-likeness (QED) is 0.566. The van der Waals surface area contributed by atoms with Crippen molar-refractivity contribution in [2.75, 3.05) is 6.61 Å². The normalized spacial score (nSPS) is 13.7. The lowest BCUT2D eigenvalue weighted by molar-refractivity contribution is 0.180. The minimum absolute atomic E-state index is 0.0955. The van der Waals surface area contributed by atoms with Crippen LogP contribution in [0.4, 0.5) is 0 Å². The fourth-order valence-corrected chi connectivity index (χ4v) is 1.70. The molecule has 2 atom stereocenters. The summed E-state index contributed by atoms with van der Waals surface area (Å²) < 4.78 is 0. The second-order valence-electron chi connectivity index (χ2n) is 5.48. The summed E-state index contributed by atoms with van der Waals surface area (Å²) in [5.41, 5.74) is 0. The number of unbranched alkanes of at least 4 members (excludes halogenated alkanes) is 5. The molecule has 2 nitrogen and oxygen atoms in total. The van der Waals surface area contributed by atoms with Crippen molar-refractivity contribution in [3.05, 3.63) is 0 Å². The highest BCUT2D eigenvalue weighted by atomic mass is 16.3. The van der Waals surface area contributed by atoms with Gasteiger partial charge in [-0.05, 0) is 25.7 Å². The Balaban J connectivity index is 0. The molecule has 0 rings (SSSR count). The summed E-state index contributed by atoms with van der Waals surface area (Å²) in [5.74, 6) is 0.511. The van der Waals surface area contributed by atoms with Gasteiger partial charge in [0.15, 0.2) is 0 Å². The Hall–Kier alpha value is -0.0800. The second kappa shape index (κ2) is 16.9. The maximum Gasteiger partial charge on any atom is 0.0512 e. The van der Waals surface area contributed by atoms with E-state index in [1.54, 1.807) is 0 Å². The van der Waals surface area contributed by atoms with E-state index >= 15 is 0 Å². The number of aliphatic hydroxyl groups excluding tert-OH is 2. The molecule has 2 heteroatoms. The van der Waals surface area contributed by atoms with Gasteiger partial charge in [-0.3, -0.25) is 0 Å². The van der Waals surface area contributed by atoms with Crippen LogP contribution < -0.4 is 0 Å². The summed E-state index contributed by atoms with van der Waals surface area (Å²) in [6.07, 6.45) is 11.0. The molecule has 0 aliphatic rings. The summed E-state index contributed by atoms with van der Waals surface area (Å²) >= 11 is 0. The van der Waals surface area contributed by atoms with Crippen LogP contribution in [0.25, 0.3) is 0 Å². The van der Waals surface area contributed by atoms with E-state index in [1.807, 2.05) is 6.92 Å². The first kappa shape index (κ1) is 20.2. The summed E-state index contributed by atoms with van der Waals surface area (Å²) in [7, 11) is 0. The topological polar surface area (TPSA) is 40.5 Å². The Bertz CT molecular complexity index is 135. The largest absolute Gasteiger partial charge is 0.396 e. The highest BCUT2D eigenvalue weighted by Gasteiger charge is 1.97. The van der Waals surface area contributed by atoms with Crippen LogP contribution in [-0.2, 0) is 0 Å². The second-order valence-corrected chi connectivity index (χ2v) is 5.48. The predicted octanol–water partition coefficient (Wildman–Crippen LogP) is 4.53. The molecule has 0 aromatic heterocycles. The molecule has 0 aliphatic carbocycles. The first-order valence-electron chi connectivity index (χ1n) is 7.87. The van der Waals surface area contributed by atoms with E-state index in [0.29, 0.717) is 12.5 Å². The smallest absolute Gasteiger partial charge is 0.0512 e.